The van der Waals surface area contributed by atoms with Crippen LogP contribution in [0.5, 0.6) is 0 Å². The van der Waals surface area contributed by atoms with Crippen molar-refractivity contribution in [3.63, 3.8) is 0 Å². The molecule has 0 spiro atoms. The third kappa shape index (κ3) is 2.33. The maximum atomic E-state index is 10.4. The predicted octanol–water partition coefficient (Wildman–Crippen LogP) is -0.413. The molecule has 0 rings (SSSR count). The Morgan fingerprint density at radius 2 is 1.70 bits per heavy atom. The van der Waals surface area contributed by atoms with Gasteiger partial charge < -0.3 is 10.6 Å². The van der Waals surface area contributed by atoms with Crippen molar-refractivity contribution in [3.05, 3.63) is 0 Å². The lowest BCUT2D eigenvalue weighted by Crippen LogP contribution is -2.45. The number of hydrogen-bond donors (Lipinski definition) is 1. The topological polar surface area (TPSA) is 72.0 Å². The minimum absolute atomic E-state index is 0. The number of aliphatic carboxylic acids is 1. The van der Waals surface area contributed by atoms with Gasteiger partial charge in [-0.05, 0) is 27.9 Å². The molecule has 0 atom stereocenters. The number of hydrogen-bond acceptors (Lipinski definition) is 2. The molecule has 3 N–H and O–H groups in total. The molecule has 0 unspecified atom stereocenters. The standard InChI is InChI=1S/C6H13NO2.H2O/c1-6(2,5(8)9)7(3)4;/h1-4H3,(H,8,9);1H2. The van der Waals surface area contributed by atoms with E-state index in [4.69, 9.17) is 5.11 Å². The summed E-state index contributed by atoms with van der Waals surface area (Å²) in [6.07, 6.45) is 0. The summed E-state index contributed by atoms with van der Waals surface area (Å²) in [5.74, 6) is -0.799. The van der Waals surface area contributed by atoms with E-state index in [1.807, 2.05) is 0 Å². The fourth-order valence-corrected chi connectivity index (χ4v) is 0.191. The number of nitrogens with zero attached hydrogens (tertiary/aromatic N) is 1. The predicted molar refractivity (Wildman–Crippen MR) is 39.0 cm³/mol. The normalized spacial score (nSPS) is 10.9. The van der Waals surface area contributed by atoms with Crippen molar-refractivity contribution in [2.45, 2.75) is 19.4 Å². The van der Waals surface area contributed by atoms with E-state index >= 15 is 0 Å². The summed E-state index contributed by atoms with van der Waals surface area (Å²) in [5, 5.41) is 8.57. The first-order chi connectivity index (χ1) is 3.89. The minimum atomic E-state index is -0.799. The molecule has 0 saturated carbocycles. The third-order valence-corrected chi connectivity index (χ3v) is 1.64. The van der Waals surface area contributed by atoms with E-state index in [9.17, 15) is 4.79 Å². The van der Waals surface area contributed by atoms with Crippen molar-refractivity contribution in [3.8, 4) is 0 Å². The highest BCUT2D eigenvalue weighted by atomic mass is 16.4. The third-order valence-electron chi connectivity index (χ3n) is 1.64. The average Bonchev–Trinajstić information content (AvgIpc) is 1.65. The molecule has 0 aromatic heterocycles. The van der Waals surface area contributed by atoms with Crippen molar-refractivity contribution in [1.82, 2.24) is 4.90 Å². The van der Waals surface area contributed by atoms with Crippen molar-refractivity contribution in [2.75, 3.05) is 14.1 Å². The smallest absolute Gasteiger partial charge is 0.323 e. The number of carboxylic acids is 1. The zero-order valence-electron chi connectivity index (χ0n) is 6.80. The van der Waals surface area contributed by atoms with E-state index < -0.39 is 11.5 Å². The first kappa shape index (κ1) is 12.1. The monoisotopic (exact) mass is 149 g/mol. The first-order valence-corrected chi connectivity index (χ1v) is 2.80. The molecule has 0 aliphatic heterocycles. The van der Waals surface area contributed by atoms with E-state index in [0.29, 0.717) is 0 Å². The molecule has 0 radical (unpaired) electrons. The van der Waals surface area contributed by atoms with Crippen molar-refractivity contribution in [2.24, 2.45) is 0 Å². The minimum Gasteiger partial charge on any atom is -0.480 e. The molecule has 0 aromatic rings. The van der Waals surface area contributed by atoms with Crippen LogP contribution < -0.4 is 0 Å². The van der Waals surface area contributed by atoms with E-state index in [1.54, 1.807) is 32.8 Å². The summed E-state index contributed by atoms with van der Waals surface area (Å²) in [4.78, 5) is 12.1. The van der Waals surface area contributed by atoms with Gasteiger partial charge in [-0.3, -0.25) is 9.69 Å². The summed E-state index contributed by atoms with van der Waals surface area (Å²) < 4.78 is 0. The van der Waals surface area contributed by atoms with Gasteiger partial charge in [0.25, 0.3) is 0 Å². The molecular weight excluding hydrogens is 134 g/mol. The van der Waals surface area contributed by atoms with E-state index in [-0.39, 0.29) is 5.48 Å². The van der Waals surface area contributed by atoms with E-state index in [2.05, 4.69) is 0 Å². The Kier molecular flexibility index (Phi) is 4.27. The Balaban J connectivity index is 0. The molecule has 4 heteroatoms. The Bertz CT molecular complexity index is 120. The fraction of sp³-hybridized carbons (Fsp3) is 0.833. The van der Waals surface area contributed by atoms with Gasteiger partial charge in [-0.25, -0.2) is 0 Å². The van der Waals surface area contributed by atoms with Gasteiger partial charge in [0.1, 0.15) is 5.54 Å². The summed E-state index contributed by atoms with van der Waals surface area (Å²) in [5.41, 5.74) is -0.750. The van der Waals surface area contributed by atoms with Crippen LogP contribution in [0.25, 0.3) is 0 Å². The molecule has 0 amide bonds. The van der Waals surface area contributed by atoms with Crippen LogP contribution in [0, 0.1) is 0 Å². The zero-order valence-corrected chi connectivity index (χ0v) is 6.80. The van der Waals surface area contributed by atoms with Gasteiger partial charge in [0.15, 0.2) is 0 Å². The molecule has 0 heterocycles. The van der Waals surface area contributed by atoms with Crippen LogP contribution in [0.4, 0.5) is 0 Å². The molecule has 4 nitrogen and oxygen atoms in total. The average molecular weight is 149 g/mol. The molecular formula is C6H15NO3. The quantitative estimate of drug-likeness (QED) is 0.580. The van der Waals surface area contributed by atoms with Crippen LogP contribution in [-0.2, 0) is 4.79 Å². The number of carboxylic acid groups (broad SMARTS) is 1. The molecule has 0 bridgehead atoms. The lowest BCUT2D eigenvalue weighted by molar-refractivity contribution is -0.147. The van der Waals surface area contributed by atoms with Gasteiger partial charge in [-0.2, -0.15) is 0 Å². The van der Waals surface area contributed by atoms with Crippen LogP contribution in [-0.4, -0.2) is 41.1 Å². The zero-order chi connectivity index (χ0) is 7.65. The van der Waals surface area contributed by atoms with Gasteiger partial charge in [0.2, 0.25) is 0 Å². The second-order valence-electron chi connectivity index (χ2n) is 2.76. The summed E-state index contributed by atoms with van der Waals surface area (Å²) in [7, 11) is 3.49. The van der Waals surface area contributed by atoms with Gasteiger partial charge in [0, 0.05) is 0 Å². The fourth-order valence-electron chi connectivity index (χ4n) is 0.191. The highest BCUT2D eigenvalue weighted by molar-refractivity contribution is 5.77. The van der Waals surface area contributed by atoms with Crippen molar-refractivity contribution < 1.29 is 15.4 Å². The van der Waals surface area contributed by atoms with Crippen LogP contribution >= 0.6 is 0 Å². The lowest BCUT2D eigenvalue weighted by atomic mass is 10.1. The SMILES string of the molecule is CN(C)C(C)(C)C(=O)O.O. The summed E-state index contributed by atoms with van der Waals surface area (Å²) >= 11 is 0. The lowest BCUT2D eigenvalue weighted by Gasteiger charge is -2.27. The molecule has 62 valence electrons. The van der Waals surface area contributed by atoms with Gasteiger partial charge in [-0.15, -0.1) is 0 Å². The van der Waals surface area contributed by atoms with E-state index in [0.717, 1.165) is 0 Å². The summed E-state index contributed by atoms with van der Waals surface area (Å²) in [6, 6.07) is 0. The number of carbonyl (C=O) groups is 1. The van der Waals surface area contributed by atoms with Crippen molar-refractivity contribution in [1.29, 1.82) is 0 Å². The second-order valence-corrected chi connectivity index (χ2v) is 2.76. The van der Waals surface area contributed by atoms with Crippen LogP contribution in [0.1, 0.15) is 13.8 Å². The number of likely N-dealkylation sites (N-methyl/N-ethyl adjacent to an activating group) is 1. The largest absolute Gasteiger partial charge is 0.480 e. The highest BCUT2D eigenvalue weighted by Crippen LogP contribution is 2.08. The Morgan fingerprint density at radius 3 is 1.70 bits per heavy atom. The Morgan fingerprint density at radius 1 is 1.40 bits per heavy atom. The van der Waals surface area contributed by atoms with Gasteiger partial charge >= 0.3 is 5.97 Å². The molecule has 0 aromatic carbocycles. The number of rotatable bonds is 2. The Hall–Kier alpha value is -0.610. The van der Waals surface area contributed by atoms with Crippen molar-refractivity contribution >= 4 is 5.97 Å². The maximum Gasteiger partial charge on any atom is 0.323 e. The van der Waals surface area contributed by atoms with Crippen LogP contribution in [0.3, 0.4) is 0 Å². The molecule has 10 heavy (non-hydrogen) atoms. The first-order valence-electron chi connectivity index (χ1n) is 2.80. The van der Waals surface area contributed by atoms with Crippen LogP contribution in [0.2, 0.25) is 0 Å². The molecule has 0 fully saturated rings. The van der Waals surface area contributed by atoms with Gasteiger partial charge in [0.05, 0.1) is 0 Å². The molecule has 0 aliphatic rings. The molecule has 0 saturated heterocycles. The molecule has 0 aliphatic carbocycles. The maximum absolute atomic E-state index is 10.4. The highest BCUT2D eigenvalue weighted by Gasteiger charge is 2.28. The Labute approximate surface area is 60.8 Å². The van der Waals surface area contributed by atoms with Crippen LogP contribution in [0.15, 0.2) is 0 Å². The second kappa shape index (κ2) is 3.53. The van der Waals surface area contributed by atoms with Gasteiger partial charge in [-0.1, -0.05) is 0 Å². The van der Waals surface area contributed by atoms with E-state index in [1.165, 1.54) is 0 Å². The summed E-state index contributed by atoms with van der Waals surface area (Å²) in [6.45, 7) is 3.32.